The monoisotopic (exact) mass is 277 g/mol. The van der Waals surface area contributed by atoms with Crippen molar-refractivity contribution in [3.05, 3.63) is 43.3 Å². The minimum absolute atomic E-state index is 0. The first-order valence-corrected chi connectivity index (χ1v) is 4.97. The summed E-state index contributed by atoms with van der Waals surface area (Å²) in [5.41, 5.74) is 2.34. The summed E-state index contributed by atoms with van der Waals surface area (Å²) in [5.74, 6) is 0. The molecule has 79 valence electrons. The molecule has 15 heavy (non-hydrogen) atoms. The van der Waals surface area contributed by atoms with Gasteiger partial charge in [-0.1, -0.05) is 17.8 Å². The fourth-order valence-electron chi connectivity index (χ4n) is 1.71. The molecule has 0 atom stereocenters. The minimum Gasteiger partial charge on any atom is -0.573 e. The van der Waals surface area contributed by atoms with Gasteiger partial charge in [0.25, 0.3) is 0 Å². The predicted octanol–water partition coefficient (Wildman–Crippen LogP) is 1.78. The van der Waals surface area contributed by atoms with Gasteiger partial charge in [0.05, 0.1) is 0 Å². The molecule has 0 unspecified atom stereocenters. The van der Waals surface area contributed by atoms with E-state index in [4.69, 9.17) is 0 Å². The molecular weight excluding hydrogens is 261 g/mol. The first-order chi connectivity index (χ1) is 6.77. The van der Waals surface area contributed by atoms with Crippen LogP contribution in [-0.4, -0.2) is 31.6 Å². The summed E-state index contributed by atoms with van der Waals surface area (Å²) in [5, 5.41) is 0. The van der Waals surface area contributed by atoms with Crippen LogP contribution in [0, 0.1) is 13.5 Å². The molecule has 0 bridgehead atoms. The second-order valence-corrected chi connectivity index (χ2v) is 3.77. The molecule has 0 spiro atoms. The summed E-state index contributed by atoms with van der Waals surface area (Å²) < 4.78 is 0. The Morgan fingerprint density at radius 2 is 2.00 bits per heavy atom. The van der Waals surface area contributed by atoms with Crippen LogP contribution in [0.3, 0.4) is 0 Å². The fraction of sp³-hybridized carbons (Fsp3) is 0.333. The molecule has 1 aromatic rings. The van der Waals surface area contributed by atoms with Gasteiger partial charge in [0, 0.05) is 39.3 Å². The van der Waals surface area contributed by atoms with E-state index in [-0.39, 0.29) is 32.7 Å². The third kappa shape index (κ3) is 3.20. The summed E-state index contributed by atoms with van der Waals surface area (Å²) in [4.78, 5) is 4.60. The first kappa shape index (κ1) is 13.0. The molecule has 1 aliphatic rings. The largest absolute Gasteiger partial charge is 0.573 e. The van der Waals surface area contributed by atoms with Crippen molar-refractivity contribution in [2.75, 3.05) is 31.6 Å². The molecule has 0 aliphatic carbocycles. The maximum atomic E-state index is 4.04. The van der Waals surface area contributed by atoms with E-state index in [1.807, 2.05) is 6.07 Å². The Morgan fingerprint density at radius 1 is 1.27 bits per heavy atom. The molecule has 2 rings (SSSR count). The molecule has 1 fully saturated rings. The van der Waals surface area contributed by atoms with Gasteiger partial charge in [-0.3, -0.25) is 0 Å². The Morgan fingerprint density at radius 3 is 2.60 bits per heavy atom. The zero-order chi connectivity index (χ0) is 9.97. The Bertz CT molecular complexity index is 306. The van der Waals surface area contributed by atoms with E-state index < -0.39 is 0 Å². The van der Waals surface area contributed by atoms with E-state index in [0.29, 0.717) is 0 Å². The van der Waals surface area contributed by atoms with Crippen molar-refractivity contribution in [2.24, 2.45) is 0 Å². The Kier molecular flexibility index (Phi) is 5.10. The van der Waals surface area contributed by atoms with Crippen molar-refractivity contribution in [3.8, 4) is 0 Å². The van der Waals surface area contributed by atoms with Gasteiger partial charge in [0.15, 0.2) is 0 Å². The number of hydrogen-bond acceptors (Lipinski definition) is 2. The average Bonchev–Trinajstić information content (AvgIpc) is 2.20. The number of rotatable bonds is 1. The maximum Gasteiger partial charge on any atom is 0.00931 e. The molecule has 1 radical (unpaired) electrons. The number of hydrogen-bond donors (Lipinski definition) is 0. The van der Waals surface area contributed by atoms with E-state index in [0.717, 1.165) is 25.2 Å². The van der Waals surface area contributed by atoms with Crippen LogP contribution in [0.1, 0.15) is 5.56 Å². The summed E-state index contributed by atoms with van der Waals surface area (Å²) in [6.45, 7) is 9.47. The summed E-state index contributed by atoms with van der Waals surface area (Å²) in [6, 6.07) is 8.28. The number of anilines is 1. The van der Waals surface area contributed by atoms with Crippen molar-refractivity contribution in [3.63, 3.8) is 0 Å². The standard InChI is InChI=1S/C12H16N2.Y/c1-11-5-3-4-6-12(11)14-9-7-13(2)8-10-14;/h3-6,9H,1,7-8,10H2,2H3;/q-2;. The van der Waals surface area contributed by atoms with Crippen LogP contribution in [0.4, 0.5) is 5.69 Å². The molecule has 2 nitrogen and oxygen atoms in total. The van der Waals surface area contributed by atoms with Gasteiger partial charge >= 0.3 is 0 Å². The first-order valence-electron chi connectivity index (χ1n) is 4.97. The smallest absolute Gasteiger partial charge is 0.00931 e. The van der Waals surface area contributed by atoms with Crippen LogP contribution < -0.4 is 4.90 Å². The predicted molar refractivity (Wildman–Crippen MR) is 60.0 cm³/mol. The molecule has 0 saturated carbocycles. The maximum absolute atomic E-state index is 4.04. The number of piperazine rings is 1. The number of likely N-dealkylation sites (N-methyl/N-ethyl adjacent to an activating group) is 1. The molecule has 1 saturated heterocycles. The third-order valence-electron chi connectivity index (χ3n) is 2.64. The quantitative estimate of drug-likeness (QED) is 0.722. The van der Waals surface area contributed by atoms with Gasteiger partial charge in [-0.05, 0) is 13.6 Å². The second-order valence-electron chi connectivity index (χ2n) is 3.77. The van der Waals surface area contributed by atoms with Crippen molar-refractivity contribution in [1.29, 1.82) is 0 Å². The second kappa shape index (κ2) is 5.88. The molecule has 0 amide bonds. The van der Waals surface area contributed by atoms with E-state index in [9.17, 15) is 0 Å². The number of para-hydroxylation sites is 1. The van der Waals surface area contributed by atoms with E-state index in [1.165, 1.54) is 5.69 Å². The molecule has 1 heterocycles. The zero-order valence-corrected chi connectivity index (χ0v) is 12.0. The van der Waals surface area contributed by atoms with Crippen LogP contribution in [0.15, 0.2) is 24.3 Å². The van der Waals surface area contributed by atoms with Crippen molar-refractivity contribution in [2.45, 2.75) is 0 Å². The zero-order valence-electron chi connectivity index (χ0n) is 9.19. The van der Waals surface area contributed by atoms with E-state index >= 15 is 0 Å². The van der Waals surface area contributed by atoms with Crippen LogP contribution in [0.2, 0.25) is 0 Å². The van der Waals surface area contributed by atoms with E-state index in [1.54, 1.807) is 0 Å². The Labute approximate surface area is 118 Å². The molecule has 1 aliphatic heterocycles. The van der Waals surface area contributed by atoms with Gasteiger partial charge < -0.3 is 9.80 Å². The molecule has 0 N–H and O–H groups in total. The van der Waals surface area contributed by atoms with Crippen molar-refractivity contribution < 1.29 is 32.7 Å². The van der Waals surface area contributed by atoms with Gasteiger partial charge in [0.2, 0.25) is 0 Å². The molecule has 0 aromatic heterocycles. The van der Waals surface area contributed by atoms with Gasteiger partial charge in [-0.2, -0.15) is 18.6 Å². The minimum atomic E-state index is 0. The summed E-state index contributed by atoms with van der Waals surface area (Å²) in [7, 11) is 2.14. The SMILES string of the molecule is [CH2-]c1ccccc1N1[CH-]CN(C)CC1.[Y]. The third-order valence-corrected chi connectivity index (χ3v) is 2.64. The van der Waals surface area contributed by atoms with Crippen molar-refractivity contribution >= 4 is 5.69 Å². The molecule has 1 aromatic carbocycles. The van der Waals surface area contributed by atoms with Gasteiger partial charge in [-0.25, -0.2) is 6.54 Å². The Hall–Kier alpha value is -0.0461. The van der Waals surface area contributed by atoms with E-state index in [2.05, 4.69) is 48.5 Å². The normalized spacial score (nSPS) is 17.3. The van der Waals surface area contributed by atoms with Crippen LogP contribution >= 0.6 is 0 Å². The average molecular weight is 277 g/mol. The number of nitrogens with zero attached hydrogens (tertiary/aromatic N) is 2. The van der Waals surface area contributed by atoms with Crippen LogP contribution in [0.25, 0.3) is 0 Å². The summed E-state index contributed by atoms with van der Waals surface area (Å²) >= 11 is 0. The Balaban J connectivity index is 0.00000112. The van der Waals surface area contributed by atoms with Gasteiger partial charge in [-0.15, -0.1) is 12.6 Å². The fourth-order valence-corrected chi connectivity index (χ4v) is 1.71. The van der Waals surface area contributed by atoms with Gasteiger partial charge in [0.1, 0.15) is 0 Å². The van der Waals surface area contributed by atoms with Crippen LogP contribution in [0.5, 0.6) is 0 Å². The van der Waals surface area contributed by atoms with Crippen LogP contribution in [-0.2, 0) is 32.7 Å². The van der Waals surface area contributed by atoms with Crippen molar-refractivity contribution in [1.82, 2.24) is 4.90 Å². The summed E-state index contributed by atoms with van der Waals surface area (Å²) in [6.07, 6.45) is 0. The molecule has 3 heteroatoms. The topological polar surface area (TPSA) is 6.48 Å². The molecular formula is C12H16N2Y-2. The number of benzene rings is 1.